The van der Waals surface area contributed by atoms with E-state index in [9.17, 15) is 9.59 Å². The third-order valence-electron chi connectivity index (χ3n) is 2.57. The number of aryl methyl sites for hydroxylation is 2. The summed E-state index contributed by atoms with van der Waals surface area (Å²) in [5, 5.41) is 4.13. The Bertz CT molecular complexity index is 440. The maximum Gasteiger partial charge on any atom is 0.325 e. The van der Waals surface area contributed by atoms with Crippen molar-refractivity contribution in [2.24, 2.45) is 7.05 Å². The van der Waals surface area contributed by atoms with Crippen LogP contribution in [0.15, 0.2) is 6.20 Å². The second-order valence-electron chi connectivity index (χ2n) is 4.10. The molecule has 1 amide bonds. The van der Waals surface area contributed by atoms with Crippen molar-refractivity contribution in [3.05, 3.63) is 17.5 Å². The Hall–Kier alpha value is -1.85. The van der Waals surface area contributed by atoms with E-state index < -0.39 is 5.97 Å². The number of aromatic nitrogens is 2. The van der Waals surface area contributed by atoms with Crippen LogP contribution in [0.3, 0.4) is 0 Å². The molecule has 0 spiro atoms. The van der Waals surface area contributed by atoms with Crippen LogP contribution in [0, 0.1) is 6.92 Å². The Balaban J connectivity index is 2.88. The Morgan fingerprint density at radius 1 is 1.50 bits per heavy atom. The summed E-state index contributed by atoms with van der Waals surface area (Å²) in [6.07, 6.45) is 2.44. The normalized spacial score (nSPS) is 10.2. The van der Waals surface area contributed by atoms with Gasteiger partial charge in [-0.3, -0.25) is 14.3 Å². The van der Waals surface area contributed by atoms with E-state index in [1.54, 1.807) is 24.9 Å². The zero-order valence-corrected chi connectivity index (χ0v) is 11.3. The van der Waals surface area contributed by atoms with Crippen LogP contribution in [-0.4, -0.2) is 46.8 Å². The van der Waals surface area contributed by atoms with Gasteiger partial charge >= 0.3 is 5.97 Å². The van der Waals surface area contributed by atoms with E-state index in [0.717, 1.165) is 6.42 Å². The highest BCUT2D eigenvalue weighted by molar-refractivity contribution is 5.96. The molecule has 0 aliphatic carbocycles. The molecule has 0 aromatic carbocycles. The van der Waals surface area contributed by atoms with E-state index in [4.69, 9.17) is 0 Å². The SMILES string of the molecule is CCCN(CC(=O)OC)C(=O)c1cn(C)nc1C. The van der Waals surface area contributed by atoms with Crippen LogP contribution in [0.2, 0.25) is 0 Å². The van der Waals surface area contributed by atoms with Crippen molar-refractivity contribution in [2.75, 3.05) is 20.2 Å². The summed E-state index contributed by atoms with van der Waals surface area (Å²) < 4.78 is 6.18. The molecular weight excluding hydrogens is 234 g/mol. The topological polar surface area (TPSA) is 64.4 Å². The van der Waals surface area contributed by atoms with Gasteiger partial charge in [-0.1, -0.05) is 6.92 Å². The van der Waals surface area contributed by atoms with Crippen LogP contribution in [0.5, 0.6) is 0 Å². The number of hydrogen-bond donors (Lipinski definition) is 0. The molecule has 1 heterocycles. The molecule has 0 radical (unpaired) electrons. The Morgan fingerprint density at radius 2 is 2.17 bits per heavy atom. The Kier molecular flexibility index (Phi) is 4.88. The lowest BCUT2D eigenvalue weighted by Gasteiger charge is -2.20. The molecule has 0 N–H and O–H groups in total. The second kappa shape index (κ2) is 6.18. The third kappa shape index (κ3) is 3.32. The molecule has 0 fully saturated rings. The summed E-state index contributed by atoms with van der Waals surface area (Å²) in [5.41, 5.74) is 1.18. The molecule has 1 rings (SSSR count). The number of carbonyl (C=O) groups is 2. The molecule has 6 nitrogen and oxygen atoms in total. The summed E-state index contributed by atoms with van der Waals surface area (Å²) in [7, 11) is 3.07. The molecular formula is C12H19N3O3. The molecule has 100 valence electrons. The monoisotopic (exact) mass is 253 g/mol. The molecule has 0 atom stereocenters. The third-order valence-corrected chi connectivity index (χ3v) is 2.57. The fourth-order valence-electron chi connectivity index (χ4n) is 1.72. The molecule has 0 saturated heterocycles. The van der Waals surface area contributed by atoms with Crippen molar-refractivity contribution < 1.29 is 14.3 Å². The Morgan fingerprint density at radius 3 is 2.61 bits per heavy atom. The van der Waals surface area contributed by atoms with E-state index in [0.29, 0.717) is 17.8 Å². The average molecular weight is 253 g/mol. The van der Waals surface area contributed by atoms with E-state index in [1.807, 2.05) is 6.92 Å². The molecule has 18 heavy (non-hydrogen) atoms. The fourth-order valence-corrected chi connectivity index (χ4v) is 1.72. The minimum atomic E-state index is -0.418. The van der Waals surface area contributed by atoms with Crippen LogP contribution >= 0.6 is 0 Å². The first-order valence-corrected chi connectivity index (χ1v) is 5.86. The van der Waals surface area contributed by atoms with Gasteiger partial charge in [-0.2, -0.15) is 5.10 Å². The molecule has 0 bridgehead atoms. The smallest absolute Gasteiger partial charge is 0.325 e. The van der Waals surface area contributed by atoms with Gasteiger partial charge in [0, 0.05) is 19.8 Å². The van der Waals surface area contributed by atoms with E-state index >= 15 is 0 Å². The number of rotatable bonds is 5. The van der Waals surface area contributed by atoms with Gasteiger partial charge in [0.05, 0.1) is 18.4 Å². The maximum atomic E-state index is 12.3. The molecule has 0 saturated carbocycles. The highest BCUT2D eigenvalue weighted by Gasteiger charge is 2.21. The lowest BCUT2D eigenvalue weighted by Crippen LogP contribution is -2.37. The highest BCUT2D eigenvalue weighted by atomic mass is 16.5. The number of hydrogen-bond acceptors (Lipinski definition) is 4. The number of nitrogens with zero attached hydrogens (tertiary/aromatic N) is 3. The zero-order chi connectivity index (χ0) is 13.7. The van der Waals surface area contributed by atoms with Gasteiger partial charge in [-0.15, -0.1) is 0 Å². The van der Waals surface area contributed by atoms with Crippen LogP contribution < -0.4 is 0 Å². The van der Waals surface area contributed by atoms with Gasteiger partial charge in [0.15, 0.2) is 0 Å². The van der Waals surface area contributed by atoms with Crippen LogP contribution in [0.4, 0.5) is 0 Å². The lowest BCUT2D eigenvalue weighted by atomic mass is 10.2. The van der Waals surface area contributed by atoms with Crippen LogP contribution in [0.1, 0.15) is 29.4 Å². The molecule has 0 unspecified atom stereocenters. The van der Waals surface area contributed by atoms with Crippen LogP contribution in [-0.2, 0) is 16.6 Å². The lowest BCUT2D eigenvalue weighted by molar-refractivity contribution is -0.141. The van der Waals surface area contributed by atoms with Crippen molar-refractivity contribution in [1.29, 1.82) is 0 Å². The van der Waals surface area contributed by atoms with Crippen LogP contribution in [0.25, 0.3) is 0 Å². The van der Waals surface area contributed by atoms with Crippen molar-refractivity contribution in [2.45, 2.75) is 20.3 Å². The quantitative estimate of drug-likeness (QED) is 0.726. The van der Waals surface area contributed by atoms with Gasteiger partial charge < -0.3 is 9.64 Å². The summed E-state index contributed by atoms with van der Waals surface area (Å²) >= 11 is 0. The first-order chi connectivity index (χ1) is 8.49. The summed E-state index contributed by atoms with van der Waals surface area (Å²) in [6, 6.07) is 0. The molecule has 0 aliphatic rings. The largest absolute Gasteiger partial charge is 0.468 e. The van der Waals surface area contributed by atoms with Crippen molar-refractivity contribution >= 4 is 11.9 Å². The predicted octanol–water partition coefficient (Wildman–Crippen LogP) is 0.754. The molecule has 1 aromatic heterocycles. The van der Waals surface area contributed by atoms with E-state index in [-0.39, 0.29) is 12.5 Å². The maximum absolute atomic E-state index is 12.3. The minimum absolute atomic E-state index is 0.0303. The second-order valence-corrected chi connectivity index (χ2v) is 4.10. The Labute approximate surface area is 107 Å². The van der Waals surface area contributed by atoms with Crippen molar-refractivity contribution in [1.82, 2.24) is 14.7 Å². The number of amides is 1. The summed E-state index contributed by atoms with van der Waals surface area (Å²) in [4.78, 5) is 25.1. The van der Waals surface area contributed by atoms with Gasteiger partial charge in [-0.25, -0.2) is 0 Å². The number of methoxy groups -OCH3 is 1. The van der Waals surface area contributed by atoms with E-state index in [1.165, 1.54) is 12.0 Å². The number of esters is 1. The van der Waals surface area contributed by atoms with Gasteiger partial charge in [-0.05, 0) is 13.3 Å². The first-order valence-electron chi connectivity index (χ1n) is 5.86. The van der Waals surface area contributed by atoms with Gasteiger partial charge in [0.1, 0.15) is 6.54 Å². The average Bonchev–Trinajstić information content (AvgIpc) is 2.66. The number of carbonyl (C=O) groups excluding carboxylic acids is 2. The summed E-state index contributed by atoms with van der Waals surface area (Å²) in [5.74, 6) is -0.605. The standard InChI is InChI=1S/C12H19N3O3/c1-5-6-15(8-11(16)18-4)12(17)10-7-14(3)13-9(10)2/h7H,5-6,8H2,1-4H3. The first kappa shape index (κ1) is 14.2. The van der Waals surface area contributed by atoms with Crippen molar-refractivity contribution in [3.8, 4) is 0 Å². The van der Waals surface area contributed by atoms with Gasteiger partial charge in [0.25, 0.3) is 5.91 Å². The minimum Gasteiger partial charge on any atom is -0.468 e. The number of ether oxygens (including phenoxy) is 1. The molecule has 0 aliphatic heterocycles. The molecule has 1 aromatic rings. The van der Waals surface area contributed by atoms with Crippen molar-refractivity contribution in [3.63, 3.8) is 0 Å². The zero-order valence-electron chi connectivity index (χ0n) is 11.3. The fraction of sp³-hybridized carbons (Fsp3) is 0.583. The summed E-state index contributed by atoms with van der Waals surface area (Å²) in [6.45, 7) is 4.21. The highest BCUT2D eigenvalue weighted by Crippen LogP contribution is 2.09. The predicted molar refractivity (Wildman–Crippen MR) is 66.2 cm³/mol. The van der Waals surface area contributed by atoms with E-state index in [2.05, 4.69) is 9.84 Å². The van der Waals surface area contributed by atoms with Gasteiger partial charge in [0.2, 0.25) is 0 Å². The molecule has 6 heteroatoms.